The average molecular weight is 217 g/mol. The van der Waals surface area contributed by atoms with E-state index in [0.717, 1.165) is 11.4 Å². The number of Topliss-reactive ketones (excluding diaryl/α,β-unsaturated/α-hetero) is 1. The molecule has 0 atom stereocenters. The first-order valence-corrected chi connectivity index (χ1v) is 5.51. The van der Waals surface area contributed by atoms with Gasteiger partial charge in [-0.15, -0.1) is 0 Å². The van der Waals surface area contributed by atoms with Crippen LogP contribution in [0.15, 0.2) is 17.1 Å². The van der Waals surface area contributed by atoms with E-state index in [1.165, 1.54) is 16.7 Å². The van der Waals surface area contributed by atoms with Gasteiger partial charge in [-0.1, -0.05) is 17.7 Å². The zero-order chi connectivity index (χ0) is 12.3. The molecule has 86 valence electrons. The molecule has 0 heterocycles. The molecule has 0 spiro atoms. The molecule has 0 aliphatic carbocycles. The lowest BCUT2D eigenvalue weighted by atomic mass is 10.1. The lowest BCUT2D eigenvalue weighted by Crippen LogP contribution is -1.99. The Bertz CT molecular complexity index is 421. The van der Waals surface area contributed by atoms with Crippen molar-refractivity contribution in [3.05, 3.63) is 28.8 Å². The maximum absolute atomic E-state index is 11.0. The fourth-order valence-electron chi connectivity index (χ4n) is 1.94. The van der Waals surface area contributed by atoms with E-state index in [0.29, 0.717) is 6.42 Å². The third-order valence-corrected chi connectivity index (χ3v) is 2.44. The highest BCUT2D eigenvalue weighted by molar-refractivity contribution is 6.00. The molecule has 1 rings (SSSR count). The molecule has 0 fully saturated rings. The number of hydrogen-bond acceptors (Lipinski definition) is 2. The van der Waals surface area contributed by atoms with E-state index in [4.69, 9.17) is 0 Å². The lowest BCUT2D eigenvalue weighted by Gasteiger charge is -2.07. The Morgan fingerprint density at radius 2 is 1.62 bits per heavy atom. The minimum Gasteiger partial charge on any atom is -0.300 e. The molecule has 1 aromatic carbocycles. The second kappa shape index (κ2) is 5.06. The number of aliphatic imine (C=N–C) groups is 1. The summed E-state index contributed by atoms with van der Waals surface area (Å²) in [6.07, 6.45) is 0.437. The summed E-state index contributed by atoms with van der Waals surface area (Å²) in [5, 5.41) is 0. The van der Waals surface area contributed by atoms with Gasteiger partial charge in [0, 0.05) is 12.1 Å². The predicted molar refractivity (Wildman–Crippen MR) is 68.7 cm³/mol. The third-order valence-electron chi connectivity index (χ3n) is 2.44. The molecule has 2 heteroatoms. The molecule has 0 saturated carbocycles. The van der Waals surface area contributed by atoms with E-state index < -0.39 is 0 Å². The Morgan fingerprint density at radius 3 is 2.06 bits per heavy atom. The van der Waals surface area contributed by atoms with E-state index >= 15 is 0 Å². The molecular weight excluding hydrogens is 198 g/mol. The van der Waals surface area contributed by atoms with Gasteiger partial charge in [0.2, 0.25) is 0 Å². The largest absolute Gasteiger partial charge is 0.300 e. The summed E-state index contributed by atoms with van der Waals surface area (Å²) in [4.78, 5) is 15.5. The van der Waals surface area contributed by atoms with Gasteiger partial charge >= 0.3 is 0 Å². The van der Waals surface area contributed by atoms with Crippen LogP contribution in [0.5, 0.6) is 0 Å². The highest BCUT2D eigenvalue weighted by atomic mass is 16.1. The van der Waals surface area contributed by atoms with Crippen molar-refractivity contribution in [1.29, 1.82) is 0 Å². The van der Waals surface area contributed by atoms with Crippen molar-refractivity contribution in [3.8, 4) is 0 Å². The molecule has 0 aromatic heterocycles. The Labute approximate surface area is 97.4 Å². The normalized spacial score (nSPS) is 11.7. The maximum Gasteiger partial charge on any atom is 0.135 e. The van der Waals surface area contributed by atoms with Crippen LogP contribution in [0.1, 0.15) is 37.0 Å². The summed E-state index contributed by atoms with van der Waals surface area (Å²) in [6.45, 7) is 9.68. The van der Waals surface area contributed by atoms with Gasteiger partial charge in [0.1, 0.15) is 5.78 Å². The summed E-state index contributed by atoms with van der Waals surface area (Å²) >= 11 is 0. The standard InChI is InChI=1S/C14H19NO/c1-9-6-10(2)14(11(3)7-9)15-12(4)8-13(5)16/h6-7H,8H2,1-5H3/b15-12+. The molecule has 0 saturated heterocycles. The minimum absolute atomic E-state index is 0.156. The van der Waals surface area contributed by atoms with Gasteiger partial charge in [-0.3, -0.25) is 9.79 Å². The molecule has 1 aromatic rings. The number of aryl methyl sites for hydroxylation is 3. The minimum atomic E-state index is 0.156. The smallest absolute Gasteiger partial charge is 0.135 e. The Balaban J connectivity index is 3.10. The van der Waals surface area contributed by atoms with Gasteiger partial charge in [0.25, 0.3) is 0 Å². The quantitative estimate of drug-likeness (QED) is 0.710. The molecule has 0 radical (unpaired) electrons. The van der Waals surface area contributed by atoms with Crippen molar-refractivity contribution in [3.63, 3.8) is 0 Å². The van der Waals surface area contributed by atoms with Crippen LogP contribution in [0.25, 0.3) is 0 Å². The Morgan fingerprint density at radius 1 is 1.12 bits per heavy atom. The summed E-state index contributed by atoms with van der Waals surface area (Å²) in [6, 6.07) is 4.24. The average Bonchev–Trinajstić information content (AvgIpc) is 2.09. The Kier molecular flexibility index (Phi) is 3.99. The summed E-state index contributed by atoms with van der Waals surface area (Å²) in [7, 11) is 0. The topological polar surface area (TPSA) is 29.4 Å². The molecule has 0 unspecified atom stereocenters. The van der Waals surface area contributed by atoms with Gasteiger partial charge < -0.3 is 0 Å². The van der Waals surface area contributed by atoms with E-state index in [2.05, 4.69) is 37.9 Å². The van der Waals surface area contributed by atoms with E-state index in [1.54, 1.807) is 6.92 Å². The molecule has 0 N–H and O–H groups in total. The van der Waals surface area contributed by atoms with Gasteiger partial charge in [0.15, 0.2) is 0 Å². The SMILES string of the molecule is CC(=O)C/C(C)=N/c1c(C)cc(C)cc1C. The number of nitrogens with zero attached hydrogens (tertiary/aromatic N) is 1. The molecule has 0 aliphatic heterocycles. The van der Waals surface area contributed by atoms with Gasteiger partial charge in [-0.2, -0.15) is 0 Å². The second-order valence-electron chi connectivity index (χ2n) is 4.47. The van der Waals surface area contributed by atoms with Gasteiger partial charge in [0.05, 0.1) is 5.69 Å². The molecule has 0 bridgehead atoms. The van der Waals surface area contributed by atoms with Crippen molar-refractivity contribution in [2.24, 2.45) is 4.99 Å². The van der Waals surface area contributed by atoms with Crippen LogP contribution in [0.2, 0.25) is 0 Å². The van der Waals surface area contributed by atoms with Crippen molar-refractivity contribution in [2.45, 2.75) is 41.0 Å². The molecular formula is C14H19NO. The number of hydrogen-bond donors (Lipinski definition) is 0. The molecule has 0 amide bonds. The summed E-state index contributed by atoms with van der Waals surface area (Å²) in [5.41, 5.74) is 5.46. The predicted octanol–water partition coefficient (Wildman–Crippen LogP) is 3.68. The first-order valence-electron chi connectivity index (χ1n) is 5.51. The van der Waals surface area contributed by atoms with Crippen LogP contribution < -0.4 is 0 Å². The number of carbonyl (C=O) groups is 1. The fraction of sp³-hybridized carbons (Fsp3) is 0.429. The zero-order valence-corrected chi connectivity index (χ0v) is 10.7. The second-order valence-corrected chi connectivity index (χ2v) is 4.47. The first kappa shape index (κ1) is 12.6. The zero-order valence-electron chi connectivity index (χ0n) is 10.7. The van der Waals surface area contributed by atoms with Crippen molar-refractivity contribution < 1.29 is 4.79 Å². The van der Waals surface area contributed by atoms with E-state index in [-0.39, 0.29) is 5.78 Å². The molecule has 16 heavy (non-hydrogen) atoms. The van der Waals surface area contributed by atoms with Crippen LogP contribution in [0.3, 0.4) is 0 Å². The maximum atomic E-state index is 11.0. The van der Waals surface area contributed by atoms with Crippen LogP contribution in [-0.4, -0.2) is 11.5 Å². The molecule has 0 aliphatic rings. The third kappa shape index (κ3) is 3.30. The first-order chi connectivity index (χ1) is 7.40. The molecule has 2 nitrogen and oxygen atoms in total. The van der Waals surface area contributed by atoms with Crippen LogP contribution in [0, 0.1) is 20.8 Å². The van der Waals surface area contributed by atoms with Gasteiger partial charge in [-0.25, -0.2) is 0 Å². The monoisotopic (exact) mass is 217 g/mol. The summed E-state index contributed by atoms with van der Waals surface area (Å²) in [5.74, 6) is 0.156. The van der Waals surface area contributed by atoms with Crippen LogP contribution in [0.4, 0.5) is 5.69 Å². The summed E-state index contributed by atoms with van der Waals surface area (Å²) < 4.78 is 0. The number of ketones is 1. The van der Waals surface area contributed by atoms with Crippen molar-refractivity contribution >= 4 is 17.2 Å². The highest BCUT2D eigenvalue weighted by Gasteiger charge is 2.04. The van der Waals surface area contributed by atoms with Gasteiger partial charge in [-0.05, 0) is 45.7 Å². The lowest BCUT2D eigenvalue weighted by molar-refractivity contribution is -0.115. The van der Waals surface area contributed by atoms with Crippen molar-refractivity contribution in [2.75, 3.05) is 0 Å². The fourth-order valence-corrected chi connectivity index (χ4v) is 1.94. The van der Waals surface area contributed by atoms with E-state index in [9.17, 15) is 4.79 Å². The van der Waals surface area contributed by atoms with Crippen LogP contribution in [-0.2, 0) is 4.79 Å². The van der Waals surface area contributed by atoms with Crippen molar-refractivity contribution in [1.82, 2.24) is 0 Å². The van der Waals surface area contributed by atoms with E-state index in [1.807, 2.05) is 6.92 Å². The Hall–Kier alpha value is -1.44. The highest BCUT2D eigenvalue weighted by Crippen LogP contribution is 2.25. The number of carbonyl (C=O) groups excluding carboxylic acids is 1. The van der Waals surface area contributed by atoms with Crippen LogP contribution >= 0.6 is 0 Å². The number of benzene rings is 1. The number of rotatable bonds is 3.